The maximum atomic E-state index is 12.4. The van der Waals surface area contributed by atoms with Crippen molar-refractivity contribution in [1.29, 1.82) is 0 Å². The maximum Gasteiger partial charge on any atom is 0.267 e. The minimum absolute atomic E-state index is 0. The second kappa shape index (κ2) is 10.2. The highest BCUT2D eigenvalue weighted by molar-refractivity contribution is 8.93. The van der Waals surface area contributed by atoms with E-state index in [1.807, 2.05) is 0 Å². The van der Waals surface area contributed by atoms with E-state index in [-0.39, 0.29) is 22.9 Å². The Kier molecular flexibility index (Phi) is 8.68. The molecule has 1 heterocycles. The monoisotopic (exact) mass is 441 g/mol. The van der Waals surface area contributed by atoms with Gasteiger partial charge in [-0.15, -0.1) is 30.1 Å². The van der Waals surface area contributed by atoms with E-state index in [1.54, 1.807) is 36.4 Å². The van der Waals surface area contributed by atoms with E-state index in [0.717, 1.165) is 11.8 Å². The third kappa shape index (κ3) is 5.88. The summed E-state index contributed by atoms with van der Waals surface area (Å²) in [7, 11) is 0. The van der Waals surface area contributed by atoms with Crippen LogP contribution in [0.4, 0.5) is 5.69 Å². The zero-order chi connectivity index (χ0) is 17.5. The molecule has 1 fully saturated rings. The summed E-state index contributed by atoms with van der Waals surface area (Å²) in [6, 6.07) is 6.71. The summed E-state index contributed by atoms with van der Waals surface area (Å²) >= 11 is 6.96. The lowest BCUT2D eigenvalue weighted by atomic mass is 10.3. The van der Waals surface area contributed by atoms with Crippen LogP contribution in [0.1, 0.15) is 0 Å². The predicted octanol–water partition coefficient (Wildman–Crippen LogP) is 4.04. The molecule has 1 aromatic carbocycles. The van der Waals surface area contributed by atoms with Crippen LogP contribution in [0, 0.1) is 0 Å². The van der Waals surface area contributed by atoms with Gasteiger partial charge in [0.15, 0.2) is 5.17 Å². The number of amides is 2. The maximum absolute atomic E-state index is 12.4. The fourth-order valence-corrected chi connectivity index (χ4v) is 2.98. The molecule has 0 atom stereocenters. The minimum atomic E-state index is -0.392. The molecule has 1 aliphatic rings. The average molecular weight is 443 g/mol. The quantitative estimate of drug-likeness (QED) is 0.534. The number of carbonyl (C=O) groups excluding carboxylic acids is 2. The SMILES string of the molecule is Br.C=CCN=C1S/C(=C/C(=O)Nc2ccc(Cl)cc2)C(=O)N1CC=C. The number of benzene rings is 1. The molecule has 1 saturated heterocycles. The van der Waals surface area contributed by atoms with Gasteiger partial charge >= 0.3 is 0 Å². The van der Waals surface area contributed by atoms with Crippen LogP contribution in [0.5, 0.6) is 0 Å². The highest BCUT2D eigenvalue weighted by Gasteiger charge is 2.32. The van der Waals surface area contributed by atoms with Gasteiger partial charge in [0, 0.05) is 23.3 Å². The van der Waals surface area contributed by atoms with Crippen molar-refractivity contribution in [2.45, 2.75) is 0 Å². The molecule has 0 spiro atoms. The van der Waals surface area contributed by atoms with Gasteiger partial charge in [0.1, 0.15) is 0 Å². The van der Waals surface area contributed by atoms with Crippen molar-refractivity contribution in [3.63, 3.8) is 0 Å². The number of nitrogens with zero attached hydrogens (tertiary/aromatic N) is 2. The number of thioether (sulfide) groups is 1. The molecule has 1 N–H and O–H groups in total. The van der Waals surface area contributed by atoms with Crippen molar-refractivity contribution in [1.82, 2.24) is 4.90 Å². The van der Waals surface area contributed by atoms with E-state index in [0.29, 0.717) is 33.9 Å². The van der Waals surface area contributed by atoms with Crippen LogP contribution in [0.25, 0.3) is 0 Å². The summed E-state index contributed by atoms with van der Waals surface area (Å²) in [5.74, 6) is -0.661. The normalized spacial score (nSPS) is 16.7. The number of hydrogen-bond acceptors (Lipinski definition) is 4. The highest BCUT2D eigenvalue weighted by Crippen LogP contribution is 2.30. The van der Waals surface area contributed by atoms with Crippen LogP contribution >= 0.6 is 40.3 Å². The van der Waals surface area contributed by atoms with Gasteiger partial charge in [-0.1, -0.05) is 23.8 Å². The number of halogens is 2. The Labute approximate surface area is 166 Å². The molecule has 5 nitrogen and oxygen atoms in total. The lowest BCUT2D eigenvalue weighted by molar-refractivity contribution is -0.122. The second-order valence-electron chi connectivity index (χ2n) is 4.72. The van der Waals surface area contributed by atoms with Gasteiger partial charge in [-0.25, -0.2) is 0 Å². The van der Waals surface area contributed by atoms with Gasteiger partial charge < -0.3 is 5.32 Å². The van der Waals surface area contributed by atoms with E-state index in [4.69, 9.17) is 11.6 Å². The summed E-state index contributed by atoms with van der Waals surface area (Å²) < 4.78 is 0. The lowest BCUT2D eigenvalue weighted by Gasteiger charge is -2.12. The van der Waals surface area contributed by atoms with E-state index in [2.05, 4.69) is 23.5 Å². The van der Waals surface area contributed by atoms with Crippen LogP contribution < -0.4 is 5.32 Å². The Morgan fingerprint density at radius 2 is 1.96 bits per heavy atom. The first kappa shape index (κ1) is 21.2. The predicted molar refractivity (Wildman–Crippen MR) is 110 cm³/mol. The number of amidine groups is 1. The summed E-state index contributed by atoms with van der Waals surface area (Å²) in [6.45, 7) is 7.97. The van der Waals surface area contributed by atoms with Gasteiger partial charge in [-0.05, 0) is 36.0 Å². The molecule has 0 aliphatic carbocycles. The number of nitrogens with one attached hydrogen (secondary N) is 1. The van der Waals surface area contributed by atoms with Gasteiger partial charge in [0.05, 0.1) is 11.4 Å². The summed E-state index contributed by atoms with van der Waals surface area (Å²) in [6.07, 6.45) is 4.52. The van der Waals surface area contributed by atoms with Gasteiger partial charge in [-0.2, -0.15) is 0 Å². The molecule has 0 radical (unpaired) electrons. The molecular weight excluding hydrogens is 426 g/mol. The molecule has 0 saturated carbocycles. The number of hydrogen-bond donors (Lipinski definition) is 1. The van der Waals surface area contributed by atoms with Crippen LogP contribution in [-0.4, -0.2) is 35.0 Å². The Hall–Kier alpha value is -1.83. The molecule has 0 bridgehead atoms. The third-order valence-corrected chi connectivity index (χ3v) is 4.23. The molecule has 2 amide bonds. The van der Waals surface area contributed by atoms with E-state index in [9.17, 15) is 9.59 Å². The average Bonchev–Trinajstić information content (AvgIpc) is 2.84. The molecule has 8 heteroatoms. The van der Waals surface area contributed by atoms with Gasteiger partial charge in [-0.3, -0.25) is 19.5 Å². The lowest BCUT2D eigenvalue weighted by Crippen LogP contribution is -2.29. The molecule has 0 unspecified atom stereocenters. The third-order valence-electron chi connectivity index (χ3n) is 2.93. The number of rotatable bonds is 6. The van der Waals surface area contributed by atoms with E-state index >= 15 is 0 Å². The second-order valence-corrected chi connectivity index (χ2v) is 6.17. The van der Waals surface area contributed by atoms with Crippen LogP contribution in [0.15, 0.2) is 65.5 Å². The summed E-state index contributed by atoms with van der Waals surface area (Å²) in [5, 5.41) is 3.80. The van der Waals surface area contributed by atoms with E-state index < -0.39 is 5.91 Å². The Bertz CT molecular complexity index is 732. The largest absolute Gasteiger partial charge is 0.322 e. The smallest absolute Gasteiger partial charge is 0.267 e. The highest BCUT2D eigenvalue weighted by atomic mass is 79.9. The fraction of sp³-hybridized carbons (Fsp3) is 0.118. The minimum Gasteiger partial charge on any atom is -0.322 e. The Morgan fingerprint density at radius 1 is 1.28 bits per heavy atom. The topological polar surface area (TPSA) is 61.8 Å². The van der Waals surface area contributed by atoms with Crippen molar-refractivity contribution in [2.75, 3.05) is 18.4 Å². The molecular formula is C17H17BrClN3O2S. The van der Waals surface area contributed by atoms with Crippen molar-refractivity contribution in [2.24, 2.45) is 4.99 Å². The molecule has 25 heavy (non-hydrogen) atoms. The zero-order valence-electron chi connectivity index (χ0n) is 13.3. The Balaban J connectivity index is 0.00000312. The molecule has 132 valence electrons. The van der Waals surface area contributed by atoms with Crippen LogP contribution in [0.3, 0.4) is 0 Å². The molecule has 1 aromatic rings. The van der Waals surface area contributed by atoms with Gasteiger partial charge in [0.25, 0.3) is 5.91 Å². The molecule has 1 aliphatic heterocycles. The number of aliphatic imine (C=N–C) groups is 1. The van der Waals surface area contributed by atoms with Crippen LogP contribution in [-0.2, 0) is 9.59 Å². The van der Waals surface area contributed by atoms with E-state index in [1.165, 1.54) is 11.0 Å². The van der Waals surface area contributed by atoms with Crippen molar-refractivity contribution >= 4 is 63.0 Å². The van der Waals surface area contributed by atoms with Crippen molar-refractivity contribution < 1.29 is 9.59 Å². The zero-order valence-corrected chi connectivity index (χ0v) is 16.6. The first-order chi connectivity index (χ1) is 11.5. The fourth-order valence-electron chi connectivity index (χ4n) is 1.89. The number of anilines is 1. The first-order valence-electron chi connectivity index (χ1n) is 7.09. The molecule has 0 aromatic heterocycles. The van der Waals surface area contributed by atoms with Gasteiger partial charge in [0.2, 0.25) is 5.91 Å². The Morgan fingerprint density at radius 3 is 2.56 bits per heavy atom. The standard InChI is InChI=1S/C17H16ClN3O2S.BrH/c1-3-9-19-17-21(10-4-2)16(23)14(24-17)11-15(22)20-13-7-5-12(18)6-8-13;/h3-8,11H,1-2,9-10H2,(H,20,22);1H/b14-11+,19-17?;. The molecule has 2 rings (SSSR count). The van der Waals surface area contributed by atoms with Crippen molar-refractivity contribution in [3.05, 3.63) is 65.6 Å². The first-order valence-corrected chi connectivity index (χ1v) is 8.28. The van der Waals surface area contributed by atoms with Crippen molar-refractivity contribution in [3.8, 4) is 0 Å². The summed E-state index contributed by atoms with van der Waals surface area (Å²) in [4.78, 5) is 30.6. The van der Waals surface area contributed by atoms with Crippen LogP contribution in [0.2, 0.25) is 5.02 Å². The number of carbonyl (C=O) groups is 2. The summed E-state index contributed by atoms with van der Waals surface area (Å²) in [5.41, 5.74) is 0.597.